The Hall–Kier alpha value is -0.690. The zero-order chi connectivity index (χ0) is 12.6. The quantitative estimate of drug-likeness (QED) is 0.687. The summed E-state index contributed by atoms with van der Waals surface area (Å²) in [6.07, 6.45) is 2.53. The first kappa shape index (κ1) is 14.7. The predicted octanol–water partition coefficient (Wildman–Crippen LogP) is 2.26. The maximum Gasteiger partial charge on any atom is 0.324 e. The third-order valence-electron chi connectivity index (χ3n) is 4.08. The number of hydrogen-bond acceptors (Lipinski definition) is 5. The van der Waals surface area contributed by atoms with Gasteiger partial charge in [-0.2, -0.15) is 0 Å². The van der Waals surface area contributed by atoms with E-state index in [9.17, 15) is 10.1 Å². The van der Waals surface area contributed by atoms with Gasteiger partial charge >= 0.3 is 5.00 Å². The zero-order valence-electron chi connectivity index (χ0n) is 10.6. The number of rotatable bonds is 3. The van der Waals surface area contributed by atoms with Gasteiger partial charge in [-0.3, -0.25) is 15.0 Å². The summed E-state index contributed by atoms with van der Waals surface area (Å²) in [7, 11) is 0. The van der Waals surface area contributed by atoms with Gasteiger partial charge < -0.3 is 5.32 Å². The van der Waals surface area contributed by atoms with Crippen LogP contribution in [0.15, 0.2) is 11.4 Å². The van der Waals surface area contributed by atoms with Gasteiger partial charge in [-0.15, -0.1) is 12.4 Å². The molecule has 19 heavy (non-hydrogen) atoms. The van der Waals surface area contributed by atoms with E-state index in [1.165, 1.54) is 24.2 Å². The molecule has 0 amide bonds. The third-order valence-corrected chi connectivity index (χ3v) is 5.00. The molecule has 3 heterocycles. The van der Waals surface area contributed by atoms with E-state index in [2.05, 4.69) is 10.2 Å². The van der Waals surface area contributed by atoms with Gasteiger partial charge in [0.25, 0.3) is 0 Å². The van der Waals surface area contributed by atoms with Gasteiger partial charge in [0, 0.05) is 31.1 Å². The summed E-state index contributed by atoms with van der Waals surface area (Å²) in [6.45, 7) is 5.37. The van der Waals surface area contributed by atoms with Crippen LogP contribution < -0.4 is 5.32 Å². The third kappa shape index (κ3) is 3.08. The molecule has 1 N–H and O–H groups in total. The Morgan fingerprint density at radius 3 is 3.00 bits per heavy atom. The van der Waals surface area contributed by atoms with Gasteiger partial charge in [0.15, 0.2) is 0 Å². The lowest BCUT2D eigenvalue weighted by atomic mass is 9.87. The highest BCUT2D eigenvalue weighted by atomic mass is 35.5. The summed E-state index contributed by atoms with van der Waals surface area (Å²) < 4.78 is 0. The molecule has 2 saturated heterocycles. The normalized spacial score (nSPS) is 26.7. The lowest BCUT2D eigenvalue weighted by Gasteiger charge is -2.22. The van der Waals surface area contributed by atoms with Crippen LogP contribution in [0.4, 0.5) is 5.00 Å². The second kappa shape index (κ2) is 5.75. The van der Waals surface area contributed by atoms with Crippen LogP contribution in [0.25, 0.3) is 0 Å². The molecule has 1 atom stereocenters. The summed E-state index contributed by atoms with van der Waals surface area (Å²) >= 11 is 1.23. The average molecular weight is 304 g/mol. The molecule has 1 aromatic heterocycles. The van der Waals surface area contributed by atoms with Gasteiger partial charge in [-0.05, 0) is 36.9 Å². The van der Waals surface area contributed by atoms with Gasteiger partial charge in [-0.1, -0.05) is 11.3 Å². The molecule has 0 bridgehead atoms. The number of halogens is 1. The van der Waals surface area contributed by atoms with E-state index < -0.39 is 0 Å². The van der Waals surface area contributed by atoms with Crippen LogP contribution in [0.3, 0.4) is 0 Å². The molecule has 2 aliphatic rings. The maximum absolute atomic E-state index is 10.6. The number of thiophene rings is 1. The van der Waals surface area contributed by atoms with E-state index in [-0.39, 0.29) is 22.3 Å². The second-order valence-corrected chi connectivity index (χ2v) is 6.33. The summed E-state index contributed by atoms with van der Waals surface area (Å²) in [5.74, 6) is 0. The fourth-order valence-electron chi connectivity index (χ4n) is 3.11. The molecule has 5 nitrogen and oxygen atoms in total. The molecule has 0 aromatic carbocycles. The topological polar surface area (TPSA) is 58.4 Å². The van der Waals surface area contributed by atoms with Crippen LogP contribution in [-0.4, -0.2) is 36.0 Å². The van der Waals surface area contributed by atoms with Crippen LogP contribution in [0.1, 0.15) is 18.4 Å². The van der Waals surface area contributed by atoms with Crippen molar-refractivity contribution < 1.29 is 4.92 Å². The van der Waals surface area contributed by atoms with Crippen LogP contribution in [0.5, 0.6) is 0 Å². The number of hydrogen-bond donors (Lipinski definition) is 1. The zero-order valence-corrected chi connectivity index (χ0v) is 12.3. The Labute approximate surface area is 122 Å². The fourth-order valence-corrected chi connectivity index (χ4v) is 3.83. The first-order valence-electron chi connectivity index (χ1n) is 6.32. The molecule has 1 spiro atoms. The van der Waals surface area contributed by atoms with Crippen LogP contribution in [0, 0.1) is 15.5 Å². The van der Waals surface area contributed by atoms with Crippen molar-refractivity contribution in [3.63, 3.8) is 0 Å². The number of likely N-dealkylation sites (tertiary alicyclic amines) is 1. The minimum atomic E-state index is -0.305. The fraction of sp³-hybridized carbons (Fsp3) is 0.667. The highest BCUT2D eigenvalue weighted by Crippen LogP contribution is 2.37. The molecule has 7 heteroatoms. The number of nitro groups is 1. The van der Waals surface area contributed by atoms with E-state index in [1.807, 2.05) is 5.38 Å². The van der Waals surface area contributed by atoms with E-state index in [4.69, 9.17) is 0 Å². The largest absolute Gasteiger partial charge is 0.324 e. The highest BCUT2D eigenvalue weighted by molar-refractivity contribution is 7.13. The Bertz CT molecular complexity index is 460. The van der Waals surface area contributed by atoms with E-state index in [0.29, 0.717) is 5.41 Å². The minimum absolute atomic E-state index is 0. The van der Waals surface area contributed by atoms with Crippen molar-refractivity contribution in [1.29, 1.82) is 0 Å². The van der Waals surface area contributed by atoms with Crippen LogP contribution >= 0.6 is 23.7 Å². The van der Waals surface area contributed by atoms with E-state index >= 15 is 0 Å². The summed E-state index contributed by atoms with van der Waals surface area (Å²) in [5, 5.41) is 16.3. The van der Waals surface area contributed by atoms with Crippen molar-refractivity contribution >= 4 is 28.7 Å². The van der Waals surface area contributed by atoms with Crippen molar-refractivity contribution in [3.05, 3.63) is 27.1 Å². The minimum Gasteiger partial charge on any atom is -0.316 e. The number of nitrogens with one attached hydrogen (secondary N) is 1. The summed E-state index contributed by atoms with van der Waals surface area (Å²) in [6, 6.07) is 1.71. The van der Waals surface area contributed by atoms with Gasteiger partial charge in [-0.25, -0.2) is 0 Å². The molecule has 0 saturated carbocycles. The molecule has 0 radical (unpaired) electrons. The number of nitrogens with zero attached hydrogens (tertiary/aromatic N) is 2. The summed E-state index contributed by atoms with van der Waals surface area (Å²) in [4.78, 5) is 12.8. The van der Waals surface area contributed by atoms with Crippen molar-refractivity contribution in [3.8, 4) is 0 Å². The Morgan fingerprint density at radius 2 is 2.37 bits per heavy atom. The monoisotopic (exact) mass is 303 g/mol. The van der Waals surface area contributed by atoms with Gasteiger partial charge in [0.2, 0.25) is 0 Å². The Balaban J connectivity index is 0.00000133. The van der Waals surface area contributed by atoms with Crippen molar-refractivity contribution in [2.75, 3.05) is 26.2 Å². The molecule has 1 aromatic rings. The van der Waals surface area contributed by atoms with Crippen LogP contribution in [-0.2, 0) is 6.54 Å². The standard InChI is InChI=1S/C12H17N3O2S.ClH/c16-15(17)11-5-10(7-18-11)6-14-4-2-12(9-14)1-3-13-8-12;/h5,7,13H,1-4,6,8-9H2;1H. The lowest BCUT2D eigenvalue weighted by molar-refractivity contribution is -0.380. The average Bonchev–Trinajstić information content (AvgIpc) is 3.03. The van der Waals surface area contributed by atoms with Crippen molar-refractivity contribution in [2.24, 2.45) is 5.41 Å². The summed E-state index contributed by atoms with van der Waals surface area (Å²) in [5.41, 5.74) is 1.55. The van der Waals surface area contributed by atoms with Crippen molar-refractivity contribution in [1.82, 2.24) is 10.2 Å². The predicted molar refractivity (Wildman–Crippen MR) is 78.0 cm³/mol. The van der Waals surface area contributed by atoms with Crippen molar-refractivity contribution in [2.45, 2.75) is 19.4 Å². The first-order valence-corrected chi connectivity index (χ1v) is 7.20. The smallest absolute Gasteiger partial charge is 0.316 e. The molecule has 2 aliphatic heterocycles. The van der Waals surface area contributed by atoms with Gasteiger partial charge in [0.05, 0.1) is 4.92 Å². The SMILES string of the molecule is Cl.O=[N+]([O-])c1cc(CN2CCC3(CCNC3)C2)cs1. The molecular formula is C12H18ClN3O2S. The Morgan fingerprint density at radius 1 is 1.53 bits per heavy atom. The first-order chi connectivity index (χ1) is 8.67. The molecule has 2 fully saturated rings. The molecule has 0 aliphatic carbocycles. The Kier molecular flexibility index (Phi) is 4.45. The maximum atomic E-state index is 10.6. The van der Waals surface area contributed by atoms with E-state index in [1.54, 1.807) is 6.07 Å². The highest BCUT2D eigenvalue weighted by Gasteiger charge is 2.40. The second-order valence-electron chi connectivity index (χ2n) is 5.44. The lowest BCUT2D eigenvalue weighted by Crippen LogP contribution is -2.28. The van der Waals surface area contributed by atoms with Crippen LogP contribution in [0.2, 0.25) is 0 Å². The molecule has 106 valence electrons. The molecule has 1 unspecified atom stereocenters. The molecular weight excluding hydrogens is 286 g/mol. The van der Waals surface area contributed by atoms with Gasteiger partial charge in [0.1, 0.15) is 0 Å². The van der Waals surface area contributed by atoms with E-state index in [0.717, 1.165) is 38.3 Å². The molecule has 3 rings (SSSR count).